The molecule has 9 heteroatoms. The molecule has 182 valence electrons. The fourth-order valence-corrected chi connectivity index (χ4v) is 4.05. The Morgan fingerprint density at radius 3 is 1.91 bits per heavy atom. The topological polar surface area (TPSA) is 102 Å². The van der Waals surface area contributed by atoms with Crippen molar-refractivity contribution in [2.75, 3.05) is 0 Å². The average molecular weight is 479 g/mol. The van der Waals surface area contributed by atoms with Crippen LogP contribution in [0.1, 0.15) is 31.9 Å². The summed E-state index contributed by atoms with van der Waals surface area (Å²) in [5.74, 6) is -1.72. The second-order valence-corrected chi connectivity index (χ2v) is 8.50. The quantitative estimate of drug-likeness (QED) is 0.342. The van der Waals surface area contributed by atoms with Crippen molar-refractivity contribution in [3.8, 4) is 0 Å². The molecule has 3 atom stereocenters. The van der Waals surface area contributed by atoms with Gasteiger partial charge in [0.05, 0.1) is 0 Å². The number of carbonyl (C=O) groups excluding carboxylic acids is 4. The number of nitrogens with zero attached hydrogens (tertiary/aromatic N) is 2. The summed E-state index contributed by atoms with van der Waals surface area (Å²) in [5, 5.41) is 0. The lowest BCUT2D eigenvalue weighted by atomic mass is 10.0. The Bertz CT molecular complexity index is 1160. The number of hydrogen-bond acceptors (Lipinski definition) is 7. The van der Waals surface area contributed by atoms with Crippen LogP contribution in [-0.2, 0) is 41.8 Å². The van der Waals surface area contributed by atoms with Gasteiger partial charge in [0.15, 0.2) is 24.3 Å². The van der Waals surface area contributed by atoms with Crippen molar-refractivity contribution in [1.29, 1.82) is 0 Å². The first-order valence-corrected chi connectivity index (χ1v) is 11.2. The van der Waals surface area contributed by atoms with E-state index in [2.05, 4.69) is 0 Å². The van der Waals surface area contributed by atoms with Crippen LogP contribution in [0.5, 0.6) is 0 Å². The number of Topliss-reactive ketones (excluding diaryl/α,β-unsaturated/α-hetero) is 1. The van der Waals surface area contributed by atoms with Crippen molar-refractivity contribution < 1.29 is 33.4 Å². The number of β-lactam (4-membered cyclic amide) rings is 1. The lowest BCUT2D eigenvalue weighted by Crippen LogP contribution is -2.67. The number of ether oxygens (including phenoxy) is 3. The van der Waals surface area contributed by atoms with Gasteiger partial charge in [-0.25, -0.2) is 9.59 Å². The number of fused-ring (bicyclic) bond motifs is 1. The number of allylic oxidation sites excluding steroid dienone is 1. The standard InChI is InChI=1S/C26H26N2O7/c1-16(2)20(25(31)33-14-18-10-6-4-7-11-18)27-22(30)21-24(27)35-23(17(3)29)28(21)26(32)34-15-19-12-8-5-9-13-19/h4-13,21,23-24H,14-15H2,1-3H3. The molecule has 2 amide bonds. The molecule has 2 fully saturated rings. The highest BCUT2D eigenvalue weighted by molar-refractivity contribution is 6.02. The van der Waals surface area contributed by atoms with Crippen LogP contribution >= 0.6 is 0 Å². The molecule has 2 aromatic rings. The zero-order valence-corrected chi connectivity index (χ0v) is 19.7. The molecule has 0 radical (unpaired) electrons. The molecule has 35 heavy (non-hydrogen) atoms. The Morgan fingerprint density at radius 2 is 1.40 bits per heavy atom. The Morgan fingerprint density at radius 1 is 0.857 bits per heavy atom. The average Bonchev–Trinajstić information content (AvgIpc) is 3.21. The maximum Gasteiger partial charge on any atom is 0.413 e. The Kier molecular flexibility index (Phi) is 6.97. The molecule has 2 aliphatic rings. The summed E-state index contributed by atoms with van der Waals surface area (Å²) in [4.78, 5) is 53.4. The van der Waals surface area contributed by atoms with Crippen molar-refractivity contribution in [3.63, 3.8) is 0 Å². The number of esters is 1. The molecule has 0 bridgehead atoms. The minimum absolute atomic E-state index is 0.0222. The van der Waals surface area contributed by atoms with Crippen LogP contribution in [0.25, 0.3) is 0 Å². The van der Waals surface area contributed by atoms with E-state index in [0.29, 0.717) is 5.57 Å². The van der Waals surface area contributed by atoms with E-state index in [9.17, 15) is 19.2 Å². The van der Waals surface area contributed by atoms with E-state index in [1.54, 1.807) is 26.0 Å². The maximum atomic E-state index is 13.2. The fraction of sp³-hybridized carbons (Fsp3) is 0.308. The first-order chi connectivity index (χ1) is 16.8. The molecule has 3 unspecified atom stereocenters. The minimum Gasteiger partial charge on any atom is -0.456 e. The van der Waals surface area contributed by atoms with Crippen LogP contribution < -0.4 is 0 Å². The number of carbonyl (C=O) groups is 4. The van der Waals surface area contributed by atoms with Gasteiger partial charge < -0.3 is 14.2 Å². The molecule has 2 heterocycles. The number of hydrogen-bond donors (Lipinski definition) is 0. The van der Waals surface area contributed by atoms with Crippen molar-refractivity contribution in [1.82, 2.24) is 9.80 Å². The van der Waals surface area contributed by atoms with Gasteiger partial charge in [0, 0.05) is 0 Å². The molecular formula is C26H26N2O7. The zero-order valence-electron chi connectivity index (χ0n) is 19.7. The number of amides is 2. The van der Waals surface area contributed by atoms with Gasteiger partial charge in [-0.1, -0.05) is 60.7 Å². The Balaban J connectivity index is 1.49. The van der Waals surface area contributed by atoms with E-state index in [1.807, 2.05) is 48.5 Å². The number of rotatable bonds is 7. The highest BCUT2D eigenvalue weighted by Gasteiger charge is 2.64. The smallest absolute Gasteiger partial charge is 0.413 e. The molecule has 0 N–H and O–H groups in total. The predicted octanol–water partition coefficient (Wildman–Crippen LogP) is 3.14. The first-order valence-electron chi connectivity index (χ1n) is 11.2. The van der Waals surface area contributed by atoms with Crippen molar-refractivity contribution in [3.05, 3.63) is 83.1 Å². The van der Waals surface area contributed by atoms with Crippen LogP contribution in [0, 0.1) is 0 Å². The Labute approximate surface area is 202 Å². The molecule has 4 rings (SSSR count). The molecule has 0 aliphatic carbocycles. The largest absolute Gasteiger partial charge is 0.456 e. The van der Waals surface area contributed by atoms with Crippen molar-refractivity contribution in [2.24, 2.45) is 0 Å². The van der Waals surface area contributed by atoms with E-state index >= 15 is 0 Å². The van der Waals surface area contributed by atoms with Gasteiger partial charge in [0.1, 0.15) is 18.9 Å². The third kappa shape index (κ3) is 4.81. The molecule has 2 aliphatic heterocycles. The summed E-state index contributed by atoms with van der Waals surface area (Å²) in [5.41, 5.74) is 2.10. The van der Waals surface area contributed by atoms with E-state index in [0.717, 1.165) is 20.9 Å². The maximum absolute atomic E-state index is 13.2. The monoisotopic (exact) mass is 478 g/mol. The van der Waals surface area contributed by atoms with Gasteiger partial charge in [-0.3, -0.25) is 19.4 Å². The van der Waals surface area contributed by atoms with Crippen molar-refractivity contribution >= 4 is 23.8 Å². The second kappa shape index (κ2) is 10.1. The van der Waals surface area contributed by atoms with Gasteiger partial charge in [0.25, 0.3) is 5.91 Å². The summed E-state index contributed by atoms with van der Waals surface area (Å²) >= 11 is 0. The van der Waals surface area contributed by atoms with Crippen molar-refractivity contribution in [2.45, 2.75) is 52.5 Å². The van der Waals surface area contributed by atoms with Gasteiger partial charge in [-0.05, 0) is 37.5 Å². The van der Waals surface area contributed by atoms with E-state index in [-0.39, 0.29) is 18.9 Å². The zero-order chi connectivity index (χ0) is 25.1. The first kappa shape index (κ1) is 24.2. The lowest BCUT2D eigenvalue weighted by molar-refractivity contribution is -0.171. The predicted molar refractivity (Wildman–Crippen MR) is 123 cm³/mol. The van der Waals surface area contributed by atoms with Crippen LogP contribution in [0.3, 0.4) is 0 Å². The SMILES string of the molecule is CC(=O)C1OC2C(C(=O)N2C(C(=O)OCc2ccccc2)=C(C)C)N1C(=O)OCc1ccccc1. The normalized spacial score (nSPS) is 20.5. The van der Waals surface area contributed by atoms with E-state index in [1.165, 1.54) is 6.92 Å². The van der Waals surface area contributed by atoms with Crippen LogP contribution in [-0.4, -0.2) is 52.1 Å². The van der Waals surface area contributed by atoms with Gasteiger partial charge >= 0.3 is 12.1 Å². The molecule has 0 spiro atoms. The molecule has 2 aromatic carbocycles. The van der Waals surface area contributed by atoms with E-state index in [4.69, 9.17) is 14.2 Å². The second-order valence-electron chi connectivity index (χ2n) is 8.50. The fourth-order valence-electron chi connectivity index (χ4n) is 4.05. The molecule has 2 saturated heterocycles. The summed E-state index contributed by atoms with van der Waals surface area (Å²) in [6.45, 7) is 4.60. The van der Waals surface area contributed by atoms with Crippen LogP contribution in [0.15, 0.2) is 71.9 Å². The van der Waals surface area contributed by atoms with Crippen LogP contribution in [0.4, 0.5) is 4.79 Å². The molecule has 0 saturated carbocycles. The summed E-state index contributed by atoms with van der Waals surface area (Å²) < 4.78 is 16.5. The van der Waals surface area contributed by atoms with Gasteiger partial charge in [-0.15, -0.1) is 0 Å². The number of ketones is 1. The van der Waals surface area contributed by atoms with Crippen LogP contribution in [0.2, 0.25) is 0 Å². The number of likely N-dealkylation sites (tertiary alicyclic amines) is 1. The highest BCUT2D eigenvalue weighted by Crippen LogP contribution is 2.40. The highest BCUT2D eigenvalue weighted by atomic mass is 16.6. The summed E-state index contributed by atoms with van der Waals surface area (Å²) in [6.07, 6.45) is -3.16. The van der Waals surface area contributed by atoms with Gasteiger partial charge in [0.2, 0.25) is 0 Å². The number of benzene rings is 2. The molecular weight excluding hydrogens is 452 g/mol. The third-order valence-electron chi connectivity index (χ3n) is 5.72. The summed E-state index contributed by atoms with van der Waals surface area (Å²) in [6, 6.07) is 17.1. The molecule has 9 nitrogen and oxygen atoms in total. The third-order valence-corrected chi connectivity index (χ3v) is 5.72. The minimum atomic E-state index is -1.30. The summed E-state index contributed by atoms with van der Waals surface area (Å²) in [7, 11) is 0. The van der Waals surface area contributed by atoms with Gasteiger partial charge in [-0.2, -0.15) is 0 Å². The lowest BCUT2D eigenvalue weighted by Gasteiger charge is -2.43. The Hall–Kier alpha value is -3.98. The van der Waals surface area contributed by atoms with E-state index < -0.39 is 42.3 Å². The molecule has 0 aromatic heterocycles.